The third-order valence-corrected chi connectivity index (χ3v) is 13.2. The molecule has 0 radical (unpaired) electrons. The lowest BCUT2D eigenvalue weighted by Crippen LogP contribution is -1.98. The summed E-state index contributed by atoms with van der Waals surface area (Å²) in [6.07, 6.45) is 0. The van der Waals surface area contributed by atoms with E-state index in [0.29, 0.717) is 0 Å². The summed E-state index contributed by atoms with van der Waals surface area (Å²) in [7, 11) is 0. The summed E-state index contributed by atoms with van der Waals surface area (Å²) >= 11 is 0. The van der Waals surface area contributed by atoms with Crippen LogP contribution >= 0.6 is 0 Å². The second kappa shape index (κ2) is 14.1. The molecule has 0 spiro atoms. The van der Waals surface area contributed by atoms with Crippen molar-refractivity contribution in [1.29, 1.82) is 0 Å². The van der Waals surface area contributed by atoms with Crippen molar-refractivity contribution in [1.82, 2.24) is 9.55 Å². The summed E-state index contributed by atoms with van der Waals surface area (Å²) in [6.45, 7) is 0. The number of hydrogen-bond acceptors (Lipinski definition) is 1. The van der Waals surface area contributed by atoms with E-state index in [1.165, 1.54) is 92.5 Å². The van der Waals surface area contributed by atoms with Crippen LogP contribution in [0.5, 0.6) is 0 Å². The fourth-order valence-electron chi connectivity index (χ4n) is 10.2. The van der Waals surface area contributed by atoms with Crippen LogP contribution in [0.4, 0.5) is 0 Å². The number of aromatic nitrogens is 2. The van der Waals surface area contributed by atoms with Gasteiger partial charge in [0.15, 0.2) is 0 Å². The van der Waals surface area contributed by atoms with Crippen LogP contribution in [0.3, 0.4) is 0 Å². The zero-order chi connectivity index (χ0) is 41.4. The van der Waals surface area contributed by atoms with E-state index in [4.69, 9.17) is 4.98 Å². The molecule has 0 bridgehead atoms. The maximum absolute atomic E-state index is 5.50. The second-order valence-corrected chi connectivity index (χ2v) is 16.7. The number of nitrogens with zero attached hydrogens (tertiary/aromatic N) is 2. The Balaban J connectivity index is 0.982. The molecule has 0 saturated heterocycles. The van der Waals surface area contributed by atoms with Crippen molar-refractivity contribution >= 4 is 75.7 Å². The largest absolute Gasteiger partial charge is 0.292 e. The molecule has 0 unspecified atom stereocenters. The number of fused-ring (bicyclic) bond motifs is 10. The predicted octanol–water partition coefficient (Wildman–Crippen LogP) is 16.6. The average Bonchev–Trinajstić information content (AvgIpc) is 3.75. The molecule has 0 saturated carbocycles. The van der Waals surface area contributed by atoms with Crippen LogP contribution in [0.15, 0.2) is 231 Å². The zero-order valence-electron chi connectivity index (χ0n) is 34.3. The molecular formula is C61H38N2. The summed E-state index contributed by atoms with van der Waals surface area (Å²) in [5.41, 5.74) is 11.3. The molecule has 0 aliphatic rings. The first-order valence-electron chi connectivity index (χ1n) is 21.7. The quantitative estimate of drug-likeness (QED) is 0.159. The van der Waals surface area contributed by atoms with Crippen LogP contribution in [-0.4, -0.2) is 9.55 Å². The van der Waals surface area contributed by atoms with E-state index >= 15 is 0 Å². The second-order valence-electron chi connectivity index (χ2n) is 16.7. The van der Waals surface area contributed by atoms with Crippen molar-refractivity contribution in [3.63, 3.8) is 0 Å². The average molecular weight is 799 g/mol. The van der Waals surface area contributed by atoms with Gasteiger partial charge < -0.3 is 0 Å². The van der Waals surface area contributed by atoms with Crippen LogP contribution in [-0.2, 0) is 0 Å². The van der Waals surface area contributed by atoms with Crippen molar-refractivity contribution in [2.75, 3.05) is 0 Å². The lowest BCUT2D eigenvalue weighted by atomic mass is 9.93. The molecular weight excluding hydrogens is 761 g/mol. The van der Waals surface area contributed by atoms with Gasteiger partial charge in [0.1, 0.15) is 5.82 Å². The zero-order valence-corrected chi connectivity index (χ0v) is 34.3. The molecule has 0 aliphatic carbocycles. The van der Waals surface area contributed by atoms with E-state index in [9.17, 15) is 0 Å². The molecule has 13 rings (SSSR count). The topological polar surface area (TPSA) is 17.8 Å². The predicted molar refractivity (Wildman–Crippen MR) is 268 cm³/mol. The first-order chi connectivity index (χ1) is 31.2. The van der Waals surface area contributed by atoms with Crippen molar-refractivity contribution < 1.29 is 0 Å². The van der Waals surface area contributed by atoms with E-state index in [2.05, 4.69) is 235 Å². The molecule has 1 aromatic heterocycles. The summed E-state index contributed by atoms with van der Waals surface area (Å²) in [4.78, 5) is 5.50. The van der Waals surface area contributed by atoms with Crippen LogP contribution in [0, 0.1) is 0 Å². The summed E-state index contributed by atoms with van der Waals surface area (Å²) in [6, 6.07) is 84.2. The summed E-state index contributed by atoms with van der Waals surface area (Å²) < 4.78 is 2.33. The van der Waals surface area contributed by atoms with Gasteiger partial charge >= 0.3 is 0 Å². The van der Waals surface area contributed by atoms with Gasteiger partial charge in [0.2, 0.25) is 0 Å². The van der Waals surface area contributed by atoms with Gasteiger partial charge in [0.25, 0.3) is 0 Å². The highest BCUT2D eigenvalue weighted by atomic mass is 15.1. The smallest absolute Gasteiger partial charge is 0.145 e. The third-order valence-electron chi connectivity index (χ3n) is 13.2. The normalized spacial score (nSPS) is 11.8. The molecule has 2 heteroatoms. The SMILES string of the molecule is c1ccc2c(c1)cc(-c1ccc(-c3nc4cc(-c5cc6ccccc6c6ccccc56)ccc4n3-c3ccc(-c4cc5ccccc5c5ccccc45)cc3)cc1)c1ccccc12. The van der Waals surface area contributed by atoms with E-state index in [1.54, 1.807) is 0 Å². The summed E-state index contributed by atoms with van der Waals surface area (Å²) in [5, 5.41) is 15.1. The Labute approximate surface area is 364 Å². The molecule has 2 nitrogen and oxygen atoms in total. The fraction of sp³-hybridized carbons (Fsp3) is 0. The van der Waals surface area contributed by atoms with Gasteiger partial charge in [-0.05, 0) is 140 Å². The third kappa shape index (κ3) is 5.69. The molecule has 13 aromatic rings. The fourth-order valence-corrected chi connectivity index (χ4v) is 10.2. The Bertz CT molecular complexity index is 3950. The highest BCUT2D eigenvalue weighted by Gasteiger charge is 2.18. The van der Waals surface area contributed by atoms with Crippen LogP contribution < -0.4 is 0 Å². The van der Waals surface area contributed by atoms with Crippen molar-refractivity contribution in [3.8, 4) is 50.5 Å². The minimum absolute atomic E-state index is 0.907. The molecule has 0 N–H and O–H groups in total. The van der Waals surface area contributed by atoms with Crippen molar-refractivity contribution in [3.05, 3.63) is 231 Å². The number of imidazole rings is 1. The van der Waals surface area contributed by atoms with E-state index < -0.39 is 0 Å². The highest BCUT2D eigenvalue weighted by Crippen LogP contribution is 2.41. The molecule has 12 aromatic carbocycles. The van der Waals surface area contributed by atoms with Crippen LogP contribution in [0.1, 0.15) is 0 Å². The first-order valence-corrected chi connectivity index (χ1v) is 21.7. The van der Waals surface area contributed by atoms with Crippen molar-refractivity contribution in [2.24, 2.45) is 0 Å². The van der Waals surface area contributed by atoms with E-state index in [0.717, 1.165) is 33.7 Å². The first kappa shape index (κ1) is 35.4. The number of benzene rings is 12. The monoisotopic (exact) mass is 798 g/mol. The summed E-state index contributed by atoms with van der Waals surface area (Å²) in [5.74, 6) is 0.907. The highest BCUT2D eigenvalue weighted by molar-refractivity contribution is 6.16. The lowest BCUT2D eigenvalue weighted by molar-refractivity contribution is 1.10. The maximum atomic E-state index is 5.50. The van der Waals surface area contributed by atoms with Gasteiger partial charge in [0.05, 0.1) is 11.0 Å². The van der Waals surface area contributed by atoms with Gasteiger partial charge in [0, 0.05) is 11.3 Å². The van der Waals surface area contributed by atoms with Crippen molar-refractivity contribution in [2.45, 2.75) is 0 Å². The Morgan fingerprint density at radius 3 is 1.08 bits per heavy atom. The standard InChI is InChI=1S/C61H38N2/c1-4-16-47-42(13-1)35-56(53-22-10-7-19-50(47)53)39-25-27-41(28-26-39)61-62-59-38-45(58-37-44-15-3-6-18-49(44)52-21-9-12-24-55(52)58)31-34-60(59)63(61)46-32-29-40(30-33-46)57-36-43-14-2-5-17-48(43)51-20-8-11-23-54(51)57/h1-38H. The number of hydrogen-bond donors (Lipinski definition) is 0. The number of rotatable bonds is 5. The Hall–Kier alpha value is -8.33. The van der Waals surface area contributed by atoms with E-state index in [-0.39, 0.29) is 0 Å². The van der Waals surface area contributed by atoms with Crippen LogP contribution in [0.2, 0.25) is 0 Å². The molecule has 0 aliphatic heterocycles. The molecule has 1 heterocycles. The minimum Gasteiger partial charge on any atom is -0.292 e. The van der Waals surface area contributed by atoms with Gasteiger partial charge in [-0.25, -0.2) is 4.98 Å². The maximum Gasteiger partial charge on any atom is 0.145 e. The van der Waals surface area contributed by atoms with Gasteiger partial charge in [-0.1, -0.05) is 188 Å². The Morgan fingerprint density at radius 2 is 0.619 bits per heavy atom. The van der Waals surface area contributed by atoms with Crippen LogP contribution in [0.25, 0.3) is 126 Å². The van der Waals surface area contributed by atoms with Gasteiger partial charge in [-0.15, -0.1) is 0 Å². The Morgan fingerprint density at radius 1 is 0.270 bits per heavy atom. The molecule has 63 heavy (non-hydrogen) atoms. The lowest BCUT2D eigenvalue weighted by Gasteiger charge is -2.14. The van der Waals surface area contributed by atoms with Gasteiger partial charge in [-0.2, -0.15) is 0 Å². The molecule has 0 fully saturated rings. The molecule has 0 atom stereocenters. The van der Waals surface area contributed by atoms with Gasteiger partial charge in [-0.3, -0.25) is 4.57 Å². The minimum atomic E-state index is 0.907. The van der Waals surface area contributed by atoms with E-state index in [1.807, 2.05) is 0 Å². The molecule has 292 valence electrons. The molecule has 0 amide bonds. The Kier molecular flexibility index (Phi) is 7.94.